The molecule has 2 aromatic carbocycles. The van der Waals surface area contributed by atoms with Gasteiger partial charge in [-0.3, -0.25) is 9.59 Å². The van der Waals surface area contributed by atoms with Crippen LogP contribution >= 0.6 is 0 Å². The van der Waals surface area contributed by atoms with Gasteiger partial charge < -0.3 is 10.4 Å². The van der Waals surface area contributed by atoms with E-state index in [1.807, 2.05) is 30.3 Å². The summed E-state index contributed by atoms with van der Waals surface area (Å²) in [5.41, 5.74) is 1.70. The van der Waals surface area contributed by atoms with E-state index in [0.717, 1.165) is 5.56 Å². The normalized spacial score (nSPS) is 11.8. The zero-order valence-corrected chi connectivity index (χ0v) is 13.5. The smallest absolute Gasteiger partial charge is 0.303 e. The zero-order chi connectivity index (χ0) is 17.5. The number of amides is 1. The molecular weight excluding hydrogens is 309 g/mol. The third-order valence-corrected chi connectivity index (χ3v) is 3.80. The lowest BCUT2D eigenvalue weighted by Gasteiger charge is -2.18. The van der Waals surface area contributed by atoms with Crippen LogP contribution < -0.4 is 5.32 Å². The Morgan fingerprint density at radius 2 is 1.88 bits per heavy atom. The van der Waals surface area contributed by atoms with E-state index >= 15 is 0 Å². The fraction of sp³-hybridized carbons (Fsp3) is 0.263. The van der Waals surface area contributed by atoms with E-state index < -0.39 is 17.7 Å². The maximum absolute atomic E-state index is 13.6. The summed E-state index contributed by atoms with van der Waals surface area (Å²) in [6, 6.07) is 13.5. The number of aryl methyl sites for hydroxylation is 1. The van der Waals surface area contributed by atoms with Crippen LogP contribution in [0.15, 0.2) is 48.5 Å². The molecule has 1 amide bonds. The van der Waals surface area contributed by atoms with E-state index in [2.05, 4.69) is 5.32 Å². The number of carboxylic acid groups (broad SMARTS) is 1. The highest BCUT2D eigenvalue weighted by molar-refractivity contribution is 5.94. The van der Waals surface area contributed by atoms with E-state index in [-0.39, 0.29) is 18.0 Å². The van der Waals surface area contributed by atoms with Crippen molar-refractivity contribution in [2.24, 2.45) is 0 Å². The summed E-state index contributed by atoms with van der Waals surface area (Å²) >= 11 is 0. The number of rotatable bonds is 7. The van der Waals surface area contributed by atoms with Gasteiger partial charge in [0.1, 0.15) is 5.82 Å². The predicted molar refractivity (Wildman–Crippen MR) is 89.4 cm³/mol. The maximum atomic E-state index is 13.6. The molecule has 1 atom stereocenters. The highest BCUT2D eigenvalue weighted by Crippen LogP contribution is 2.12. The summed E-state index contributed by atoms with van der Waals surface area (Å²) in [6.45, 7) is 1.63. The molecule has 5 heteroatoms. The molecule has 0 aliphatic heterocycles. The third kappa shape index (κ3) is 5.19. The molecular formula is C19H20FNO3. The fourth-order valence-corrected chi connectivity index (χ4v) is 2.42. The van der Waals surface area contributed by atoms with Crippen molar-refractivity contribution in [3.63, 3.8) is 0 Å². The second kappa shape index (κ2) is 8.24. The molecule has 0 aliphatic carbocycles. The van der Waals surface area contributed by atoms with Crippen LogP contribution in [0.3, 0.4) is 0 Å². The molecule has 0 aliphatic rings. The molecule has 4 nitrogen and oxygen atoms in total. The highest BCUT2D eigenvalue weighted by atomic mass is 19.1. The van der Waals surface area contributed by atoms with Gasteiger partial charge in [-0.05, 0) is 43.0 Å². The lowest BCUT2D eigenvalue weighted by atomic mass is 10.0. The van der Waals surface area contributed by atoms with Crippen LogP contribution in [-0.2, 0) is 11.2 Å². The number of hydrogen-bond donors (Lipinski definition) is 2. The van der Waals surface area contributed by atoms with Crippen molar-refractivity contribution >= 4 is 11.9 Å². The maximum Gasteiger partial charge on any atom is 0.303 e. The molecule has 0 aromatic heterocycles. The summed E-state index contributed by atoms with van der Waals surface area (Å²) in [6.07, 6.45) is 0.790. The molecule has 2 N–H and O–H groups in total. The van der Waals surface area contributed by atoms with Gasteiger partial charge in [0.25, 0.3) is 5.91 Å². The average molecular weight is 329 g/mol. The van der Waals surface area contributed by atoms with Crippen LogP contribution in [0.25, 0.3) is 0 Å². The monoisotopic (exact) mass is 329 g/mol. The van der Waals surface area contributed by atoms with Crippen molar-refractivity contribution in [1.82, 2.24) is 5.32 Å². The lowest BCUT2D eigenvalue weighted by Crippen LogP contribution is -2.37. The van der Waals surface area contributed by atoms with Gasteiger partial charge in [0.15, 0.2) is 0 Å². The van der Waals surface area contributed by atoms with E-state index in [0.29, 0.717) is 18.4 Å². The van der Waals surface area contributed by atoms with Crippen LogP contribution in [0.1, 0.15) is 34.3 Å². The summed E-state index contributed by atoms with van der Waals surface area (Å²) in [7, 11) is 0. The van der Waals surface area contributed by atoms with Crippen LogP contribution in [0.4, 0.5) is 4.39 Å². The highest BCUT2D eigenvalue weighted by Gasteiger charge is 2.16. The van der Waals surface area contributed by atoms with Crippen molar-refractivity contribution in [1.29, 1.82) is 0 Å². The van der Waals surface area contributed by atoms with Crippen molar-refractivity contribution in [3.05, 3.63) is 71.0 Å². The van der Waals surface area contributed by atoms with E-state index in [1.54, 1.807) is 19.1 Å². The van der Waals surface area contributed by atoms with E-state index in [1.165, 1.54) is 6.07 Å². The van der Waals surface area contributed by atoms with Crippen molar-refractivity contribution in [3.8, 4) is 0 Å². The Labute approximate surface area is 140 Å². The number of carbonyl (C=O) groups excluding carboxylic acids is 1. The Bertz CT molecular complexity index is 716. The number of aliphatic carboxylic acids is 1. The van der Waals surface area contributed by atoms with Crippen molar-refractivity contribution < 1.29 is 19.1 Å². The van der Waals surface area contributed by atoms with Gasteiger partial charge in [-0.2, -0.15) is 0 Å². The minimum atomic E-state index is -0.913. The number of carbonyl (C=O) groups is 2. The Morgan fingerprint density at radius 3 is 2.50 bits per heavy atom. The van der Waals surface area contributed by atoms with Crippen molar-refractivity contribution in [2.45, 2.75) is 32.2 Å². The SMILES string of the molecule is Cc1ccc(C(=O)NC(CCC(=O)O)Cc2ccccc2)cc1F. The molecule has 2 rings (SSSR count). The molecule has 126 valence electrons. The summed E-state index contributed by atoms with van der Waals surface area (Å²) in [5, 5.41) is 11.7. The molecule has 0 saturated heterocycles. The summed E-state index contributed by atoms with van der Waals surface area (Å²) in [4.78, 5) is 23.2. The Hall–Kier alpha value is -2.69. The van der Waals surface area contributed by atoms with E-state index in [9.17, 15) is 14.0 Å². The summed E-state index contributed by atoms with van der Waals surface area (Å²) < 4.78 is 13.6. The fourth-order valence-electron chi connectivity index (χ4n) is 2.42. The zero-order valence-electron chi connectivity index (χ0n) is 13.5. The second-order valence-corrected chi connectivity index (χ2v) is 5.76. The molecule has 1 unspecified atom stereocenters. The summed E-state index contributed by atoms with van der Waals surface area (Å²) in [5.74, 6) is -1.75. The van der Waals surface area contributed by atoms with Gasteiger partial charge in [-0.1, -0.05) is 36.4 Å². The van der Waals surface area contributed by atoms with Gasteiger partial charge in [-0.15, -0.1) is 0 Å². The molecule has 0 heterocycles. The van der Waals surface area contributed by atoms with Gasteiger partial charge in [0.05, 0.1) is 0 Å². The molecule has 0 fully saturated rings. The van der Waals surface area contributed by atoms with Crippen LogP contribution in [0.5, 0.6) is 0 Å². The van der Waals surface area contributed by atoms with Crippen LogP contribution in [0, 0.1) is 12.7 Å². The standard InChI is InChI=1S/C19H20FNO3/c1-13-7-8-15(12-17(13)20)19(24)21-16(9-10-18(22)23)11-14-5-3-2-4-6-14/h2-8,12,16H,9-11H2,1H3,(H,21,24)(H,22,23). The number of benzene rings is 2. The largest absolute Gasteiger partial charge is 0.481 e. The quantitative estimate of drug-likeness (QED) is 0.819. The average Bonchev–Trinajstić information content (AvgIpc) is 2.56. The second-order valence-electron chi connectivity index (χ2n) is 5.76. The number of nitrogens with one attached hydrogen (secondary N) is 1. The van der Waals surface area contributed by atoms with E-state index in [4.69, 9.17) is 5.11 Å². The number of hydrogen-bond acceptors (Lipinski definition) is 2. The Balaban J connectivity index is 2.09. The number of halogens is 1. The molecule has 0 bridgehead atoms. The van der Waals surface area contributed by atoms with Gasteiger partial charge >= 0.3 is 5.97 Å². The Morgan fingerprint density at radius 1 is 1.17 bits per heavy atom. The first kappa shape index (κ1) is 17.7. The Kier molecular flexibility index (Phi) is 6.07. The first-order chi connectivity index (χ1) is 11.5. The van der Waals surface area contributed by atoms with Crippen LogP contribution in [-0.4, -0.2) is 23.0 Å². The lowest BCUT2D eigenvalue weighted by molar-refractivity contribution is -0.137. The van der Waals surface area contributed by atoms with Crippen LogP contribution in [0.2, 0.25) is 0 Å². The molecule has 24 heavy (non-hydrogen) atoms. The minimum Gasteiger partial charge on any atom is -0.481 e. The third-order valence-electron chi connectivity index (χ3n) is 3.80. The van der Waals surface area contributed by atoms with Gasteiger partial charge in [0.2, 0.25) is 0 Å². The molecule has 0 radical (unpaired) electrons. The topological polar surface area (TPSA) is 66.4 Å². The first-order valence-corrected chi connectivity index (χ1v) is 7.78. The predicted octanol–water partition coefficient (Wildman–Crippen LogP) is 3.34. The first-order valence-electron chi connectivity index (χ1n) is 7.78. The van der Waals surface area contributed by atoms with Gasteiger partial charge in [-0.25, -0.2) is 4.39 Å². The minimum absolute atomic E-state index is 0.0416. The van der Waals surface area contributed by atoms with Gasteiger partial charge in [0, 0.05) is 18.0 Å². The van der Waals surface area contributed by atoms with Crippen molar-refractivity contribution in [2.75, 3.05) is 0 Å². The molecule has 2 aromatic rings. The molecule has 0 saturated carbocycles. The number of carboxylic acids is 1. The molecule has 0 spiro atoms.